The topological polar surface area (TPSA) is 59.3 Å². The lowest BCUT2D eigenvalue weighted by atomic mass is 10.2. The summed E-state index contributed by atoms with van der Waals surface area (Å²) in [5, 5.41) is 3.18. The second-order valence-electron chi connectivity index (χ2n) is 3.31. The molecule has 0 fully saturated rings. The van der Waals surface area contributed by atoms with E-state index in [0.717, 1.165) is 9.86 Å². The lowest BCUT2D eigenvalue weighted by Gasteiger charge is -2.02. The third kappa shape index (κ3) is 2.14. The highest BCUT2D eigenvalue weighted by Crippen LogP contribution is 2.20. The van der Waals surface area contributed by atoms with Crippen molar-refractivity contribution < 1.29 is 9.21 Å². The van der Waals surface area contributed by atoms with Crippen molar-refractivity contribution in [3.63, 3.8) is 0 Å². The predicted octanol–water partition coefficient (Wildman–Crippen LogP) is 2.51. The van der Waals surface area contributed by atoms with Gasteiger partial charge < -0.3 is 9.73 Å². The minimum atomic E-state index is -0.555. The zero-order valence-electron chi connectivity index (χ0n) is 8.41. The van der Waals surface area contributed by atoms with Crippen molar-refractivity contribution >= 4 is 38.5 Å². The summed E-state index contributed by atoms with van der Waals surface area (Å²) in [7, 11) is 0. The number of benzene rings is 1. The fourth-order valence-electron chi connectivity index (χ4n) is 1.36. The number of carbonyl (C=O) groups is 1. The molecule has 2 rings (SSSR count). The lowest BCUT2D eigenvalue weighted by molar-refractivity contribution is -0.114. The zero-order chi connectivity index (χ0) is 11.7. The Balaban J connectivity index is 2.63. The van der Waals surface area contributed by atoms with Crippen LogP contribution in [0.15, 0.2) is 37.9 Å². The number of fused-ring (bicyclic) bond motifs is 1. The van der Waals surface area contributed by atoms with Crippen molar-refractivity contribution in [2.75, 3.05) is 5.32 Å². The molecule has 1 heterocycles. The highest BCUT2D eigenvalue weighted by atomic mass is 79.9. The number of amides is 1. The van der Waals surface area contributed by atoms with E-state index in [4.69, 9.17) is 4.42 Å². The summed E-state index contributed by atoms with van der Waals surface area (Å²) in [4.78, 5) is 22.3. The zero-order valence-corrected chi connectivity index (χ0v) is 10.00. The first-order valence-corrected chi connectivity index (χ1v) is 5.36. The Bertz CT molecular complexity index is 618. The van der Waals surface area contributed by atoms with Gasteiger partial charge in [0.2, 0.25) is 5.91 Å². The number of hydrogen-bond donors (Lipinski definition) is 1. The van der Waals surface area contributed by atoms with Crippen LogP contribution in [0.5, 0.6) is 0 Å². The molecule has 0 spiro atoms. The number of anilines is 1. The number of carbonyl (C=O) groups excluding carboxylic acids is 1. The Hall–Kier alpha value is -1.62. The molecule has 0 saturated carbocycles. The van der Waals surface area contributed by atoms with E-state index in [0.29, 0.717) is 5.58 Å². The van der Waals surface area contributed by atoms with Crippen LogP contribution >= 0.6 is 15.9 Å². The molecule has 0 atom stereocenters. The van der Waals surface area contributed by atoms with Gasteiger partial charge in [-0.25, -0.2) is 4.79 Å². The van der Waals surface area contributed by atoms with Crippen LogP contribution in [0, 0.1) is 0 Å². The third-order valence-electron chi connectivity index (χ3n) is 2.01. The summed E-state index contributed by atoms with van der Waals surface area (Å²) in [6.07, 6.45) is 0. The molecule has 0 aliphatic carbocycles. The van der Waals surface area contributed by atoms with Crippen molar-refractivity contribution in [2.45, 2.75) is 6.92 Å². The maximum absolute atomic E-state index is 11.5. The molecule has 0 saturated heterocycles. The highest BCUT2D eigenvalue weighted by molar-refractivity contribution is 9.10. The molecule has 16 heavy (non-hydrogen) atoms. The molecule has 0 aliphatic heterocycles. The van der Waals surface area contributed by atoms with E-state index in [1.807, 2.05) is 6.07 Å². The van der Waals surface area contributed by atoms with Crippen molar-refractivity contribution in [2.24, 2.45) is 0 Å². The minimum Gasteiger partial charge on any atom is -0.421 e. The van der Waals surface area contributed by atoms with Gasteiger partial charge in [0.25, 0.3) is 0 Å². The van der Waals surface area contributed by atoms with Gasteiger partial charge in [-0.2, -0.15) is 0 Å². The Labute approximate surface area is 99.4 Å². The Kier molecular flexibility index (Phi) is 2.78. The van der Waals surface area contributed by atoms with Crippen LogP contribution < -0.4 is 10.9 Å². The maximum atomic E-state index is 11.5. The van der Waals surface area contributed by atoms with Crippen LogP contribution in [0.4, 0.5) is 5.69 Å². The molecule has 1 aromatic heterocycles. The fourth-order valence-corrected chi connectivity index (χ4v) is 1.70. The van der Waals surface area contributed by atoms with Gasteiger partial charge in [0.05, 0.1) is 0 Å². The molecular formula is C11H8BrNO3. The Morgan fingerprint density at radius 1 is 1.38 bits per heavy atom. The molecule has 2 aromatic rings. The van der Waals surface area contributed by atoms with Crippen LogP contribution in [0.25, 0.3) is 11.0 Å². The summed E-state index contributed by atoms with van der Waals surface area (Å²) >= 11 is 3.28. The Morgan fingerprint density at radius 2 is 2.12 bits per heavy atom. The SMILES string of the molecule is CC(=O)Nc1cc2ccc(Br)cc2oc1=O. The summed E-state index contributed by atoms with van der Waals surface area (Å²) in [5.41, 5.74) is 0.0802. The predicted molar refractivity (Wildman–Crippen MR) is 64.5 cm³/mol. The third-order valence-corrected chi connectivity index (χ3v) is 2.50. The van der Waals surface area contributed by atoms with E-state index in [-0.39, 0.29) is 11.6 Å². The monoisotopic (exact) mass is 281 g/mol. The minimum absolute atomic E-state index is 0.155. The Morgan fingerprint density at radius 3 is 2.81 bits per heavy atom. The van der Waals surface area contributed by atoms with Crippen molar-refractivity contribution in [1.82, 2.24) is 0 Å². The first-order chi connectivity index (χ1) is 7.56. The summed E-state index contributed by atoms with van der Waals surface area (Å²) < 4.78 is 5.90. The second-order valence-corrected chi connectivity index (χ2v) is 4.23. The van der Waals surface area contributed by atoms with Crippen molar-refractivity contribution in [3.05, 3.63) is 39.2 Å². The molecule has 82 valence electrons. The van der Waals surface area contributed by atoms with Crippen LogP contribution in [0.2, 0.25) is 0 Å². The van der Waals surface area contributed by atoms with Gasteiger partial charge in [-0.3, -0.25) is 4.79 Å². The molecule has 1 amide bonds. The van der Waals surface area contributed by atoms with E-state index in [2.05, 4.69) is 21.2 Å². The van der Waals surface area contributed by atoms with E-state index < -0.39 is 5.63 Å². The first kappa shape index (κ1) is 10.9. The molecule has 0 unspecified atom stereocenters. The normalized spacial score (nSPS) is 10.4. The van der Waals surface area contributed by atoms with Crippen LogP contribution in [0.1, 0.15) is 6.92 Å². The van der Waals surface area contributed by atoms with Gasteiger partial charge in [0, 0.05) is 16.8 Å². The average molecular weight is 282 g/mol. The largest absolute Gasteiger partial charge is 0.421 e. The van der Waals surface area contributed by atoms with Crippen LogP contribution in [-0.2, 0) is 4.79 Å². The first-order valence-electron chi connectivity index (χ1n) is 4.57. The molecule has 0 bridgehead atoms. The molecule has 1 N–H and O–H groups in total. The molecule has 5 heteroatoms. The van der Waals surface area contributed by atoms with Gasteiger partial charge in [0.15, 0.2) is 0 Å². The second kappa shape index (κ2) is 4.09. The fraction of sp³-hybridized carbons (Fsp3) is 0.0909. The smallest absolute Gasteiger partial charge is 0.360 e. The van der Waals surface area contributed by atoms with E-state index in [9.17, 15) is 9.59 Å². The lowest BCUT2D eigenvalue weighted by Crippen LogP contribution is -2.14. The van der Waals surface area contributed by atoms with Gasteiger partial charge in [0.1, 0.15) is 11.3 Å². The maximum Gasteiger partial charge on any atom is 0.360 e. The average Bonchev–Trinajstić information content (AvgIpc) is 2.19. The number of nitrogens with one attached hydrogen (secondary N) is 1. The van der Waals surface area contributed by atoms with E-state index >= 15 is 0 Å². The number of halogens is 1. The van der Waals surface area contributed by atoms with Gasteiger partial charge in [-0.05, 0) is 18.2 Å². The van der Waals surface area contributed by atoms with Crippen LogP contribution in [0.3, 0.4) is 0 Å². The van der Waals surface area contributed by atoms with Gasteiger partial charge in [-0.15, -0.1) is 0 Å². The molecule has 0 radical (unpaired) electrons. The van der Waals surface area contributed by atoms with E-state index in [1.165, 1.54) is 6.92 Å². The summed E-state index contributed by atoms with van der Waals surface area (Å²) in [6.45, 7) is 1.34. The quantitative estimate of drug-likeness (QED) is 0.817. The standard InChI is InChI=1S/C11H8BrNO3/c1-6(14)13-9-4-7-2-3-8(12)5-10(7)16-11(9)15/h2-5H,1H3,(H,13,14). The van der Waals surface area contributed by atoms with Gasteiger partial charge >= 0.3 is 5.63 Å². The van der Waals surface area contributed by atoms with Crippen LogP contribution in [-0.4, -0.2) is 5.91 Å². The van der Waals surface area contributed by atoms with Crippen molar-refractivity contribution in [3.8, 4) is 0 Å². The van der Waals surface area contributed by atoms with Crippen molar-refractivity contribution in [1.29, 1.82) is 0 Å². The summed E-state index contributed by atoms with van der Waals surface area (Å²) in [6, 6.07) is 6.93. The molecule has 1 aromatic carbocycles. The molecular weight excluding hydrogens is 274 g/mol. The molecule has 4 nitrogen and oxygen atoms in total. The number of rotatable bonds is 1. The highest BCUT2D eigenvalue weighted by Gasteiger charge is 2.06. The molecule has 0 aliphatic rings. The van der Waals surface area contributed by atoms with E-state index in [1.54, 1.807) is 18.2 Å². The van der Waals surface area contributed by atoms with Gasteiger partial charge in [-0.1, -0.05) is 22.0 Å². The number of hydrogen-bond acceptors (Lipinski definition) is 3. The summed E-state index contributed by atoms with van der Waals surface area (Å²) in [5.74, 6) is -0.302.